The molecule has 0 fully saturated rings. The number of hydrogen-bond donors (Lipinski definition) is 1. The normalized spacial score (nSPS) is 15.1. The molecule has 0 aliphatic heterocycles. The molecule has 1 rings (SSSR count). The Morgan fingerprint density at radius 2 is 2.05 bits per heavy atom. The molecular formula is C14H19F2NOS. The maximum absolute atomic E-state index is 13.8. The molecular weight excluding hydrogens is 268 g/mol. The summed E-state index contributed by atoms with van der Waals surface area (Å²) in [6.07, 6.45) is 1.95. The molecule has 1 N–H and O–H groups in total. The molecule has 0 heterocycles. The molecule has 0 aliphatic carbocycles. The lowest BCUT2D eigenvalue weighted by atomic mass is 10.0. The monoisotopic (exact) mass is 287 g/mol. The van der Waals surface area contributed by atoms with Crippen LogP contribution in [-0.2, 0) is 11.4 Å². The minimum absolute atomic E-state index is 0.164. The van der Waals surface area contributed by atoms with Crippen molar-refractivity contribution < 1.29 is 13.3 Å². The van der Waals surface area contributed by atoms with E-state index in [0.717, 1.165) is 18.2 Å². The Labute approximate surface area is 116 Å². The van der Waals surface area contributed by atoms with Gasteiger partial charge in [-0.3, -0.25) is 0 Å². The van der Waals surface area contributed by atoms with Crippen molar-refractivity contribution in [1.82, 2.24) is 4.72 Å². The Morgan fingerprint density at radius 1 is 1.42 bits per heavy atom. The second-order valence-electron chi connectivity index (χ2n) is 5.24. The zero-order valence-corrected chi connectivity index (χ0v) is 12.2. The fraction of sp³-hybridized carbons (Fsp3) is 0.429. The molecule has 1 aromatic carbocycles. The Bertz CT molecular complexity index is 446. The summed E-state index contributed by atoms with van der Waals surface area (Å²) in [4.78, 5) is 0. The van der Waals surface area contributed by atoms with Crippen LogP contribution < -0.4 is 4.72 Å². The van der Waals surface area contributed by atoms with E-state index in [1.54, 1.807) is 6.08 Å². The molecule has 0 radical (unpaired) electrons. The van der Waals surface area contributed by atoms with Crippen LogP contribution in [0.5, 0.6) is 0 Å². The van der Waals surface area contributed by atoms with E-state index in [1.165, 1.54) is 0 Å². The van der Waals surface area contributed by atoms with E-state index < -0.39 is 33.8 Å². The largest absolute Gasteiger partial charge is 0.598 e. The van der Waals surface area contributed by atoms with Gasteiger partial charge in [0, 0.05) is 16.9 Å². The Morgan fingerprint density at radius 3 is 2.58 bits per heavy atom. The lowest BCUT2D eigenvalue weighted by Crippen LogP contribution is -2.41. The highest BCUT2D eigenvalue weighted by molar-refractivity contribution is 7.90. The fourth-order valence-electron chi connectivity index (χ4n) is 1.49. The summed E-state index contributed by atoms with van der Waals surface area (Å²) in [5, 5.41) is 0. The molecule has 2 atom stereocenters. The Kier molecular flexibility index (Phi) is 5.52. The summed E-state index contributed by atoms with van der Waals surface area (Å²) in [6.45, 7) is 9.02. The topological polar surface area (TPSA) is 35.1 Å². The molecule has 0 saturated heterocycles. The minimum Gasteiger partial charge on any atom is -0.598 e. The van der Waals surface area contributed by atoms with Crippen molar-refractivity contribution in [2.45, 2.75) is 38.0 Å². The predicted molar refractivity (Wildman–Crippen MR) is 74.9 cm³/mol. The fourth-order valence-corrected chi connectivity index (χ4v) is 2.33. The maximum atomic E-state index is 13.8. The Hall–Kier alpha value is -0.910. The van der Waals surface area contributed by atoms with E-state index in [-0.39, 0.29) is 5.56 Å². The molecule has 2 nitrogen and oxygen atoms in total. The van der Waals surface area contributed by atoms with Crippen LogP contribution in [0.2, 0.25) is 0 Å². The van der Waals surface area contributed by atoms with Crippen LogP contribution in [0, 0.1) is 11.6 Å². The van der Waals surface area contributed by atoms with E-state index in [9.17, 15) is 13.3 Å². The molecule has 0 aromatic heterocycles. The summed E-state index contributed by atoms with van der Waals surface area (Å²) in [5.41, 5.74) is 0.164. The smallest absolute Gasteiger partial charge is 0.136 e. The summed E-state index contributed by atoms with van der Waals surface area (Å²) < 4.78 is 41.4. The molecule has 0 amide bonds. The molecule has 0 spiro atoms. The quantitative estimate of drug-likeness (QED) is 0.663. The van der Waals surface area contributed by atoms with Crippen molar-refractivity contribution in [3.63, 3.8) is 0 Å². The second kappa shape index (κ2) is 6.50. The van der Waals surface area contributed by atoms with E-state index in [1.807, 2.05) is 20.8 Å². The molecule has 5 heteroatoms. The van der Waals surface area contributed by atoms with Crippen molar-refractivity contribution in [2.75, 3.05) is 0 Å². The third-order valence-corrected chi connectivity index (χ3v) is 4.15. The van der Waals surface area contributed by atoms with Gasteiger partial charge in [0.2, 0.25) is 0 Å². The van der Waals surface area contributed by atoms with Crippen LogP contribution >= 0.6 is 0 Å². The number of halogens is 2. The van der Waals surface area contributed by atoms with Gasteiger partial charge in [0.25, 0.3) is 0 Å². The van der Waals surface area contributed by atoms with Gasteiger partial charge < -0.3 is 4.55 Å². The second-order valence-corrected chi connectivity index (χ2v) is 7.24. The first-order valence-corrected chi connectivity index (χ1v) is 7.14. The standard InChI is InChI=1S/C14H19F2NOS/c1-5-6-13(17-19(18)14(2,3)4)11-9-10(15)7-8-12(11)16/h5,7-9,13,17H,1,6H2,2-4H3/t13-,19+/m1/s1. The highest BCUT2D eigenvalue weighted by Gasteiger charge is 2.30. The third-order valence-electron chi connectivity index (χ3n) is 2.54. The van der Waals surface area contributed by atoms with E-state index in [4.69, 9.17) is 0 Å². The molecule has 106 valence electrons. The van der Waals surface area contributed by atoms with Gasteiger partial charge in [0.1, 0.15) is 16.4 Å². The van der Waals surface area contributed by atoms with Crippen LogP contribution in [0.4, 0.5) is 8.78 Å². The highest BCUT2D eigenvalue weighted by Crippen LogP contribution is 2.25. The van der Waals surface area contributed by atoms with Gasteiger partial charge in [-0.25, -0.2) is 8.78 Å². The lowest BCUT2D eigenvalue weighted by molar-refractivity contribution is 0.508. The summed E-state index contributed by atoms with van der Waals surface area (Å²) in [5.74, 6) is -1.04. The first-order chi connectivity index (χ1) is 8.75. The third kappa shape index (κ3) is 4.60. The number of hydrogen-bond acceptors (Lipinski definition) is 2. The zero-order chi connectivity index (χ0) is 14.6. The zero-order valence-electron chi connectivity index (χ0n) is 11.4. The van der Waals surface area contributed by atoms with Gasteiger partial charge in [-0.05, 0) is 45.4 Å². The van der Waals surface area contributed by atoms with Gasteiger partial charge in [-0.1, -0.05) is 6.08 Å². The van der Waals surface area contributed by atoms with E-state index in [0.29, 0.717) is 6.42 Å². The molecule has 0 bridgehead atoms. The average molecular weight is 287 g/mol. The first-order valence-electron chi connectivity index (χ1n) is 5.99. The van der Waals surface area contributed by atoms with Gasteiger partial charge in [-0.15, -0.1) is 11.3 Å². The van der Waals surface area contributed by atoms with Crippen molar-refractivity contribution in [3.05, 3.63) is 48.1 Å². The van der Waals surface area contributed by atoms with Crippen LogP contribution in [0.15, 0.2) is 30.9 Å². The highest BCUT2D eigenvalue weighted by atomic mass is 32.2. The van der Waals surface area contributed by atoms with Gasteiger partial charge in [-0.2, -0.15) is 0 Å². The molecule has 0 saturated carbocycles. The number of benzene rings is 1. The maximum Gasteiger partial charge on any atom is 0.136 e. The minimum atomic E-state index is -1.37. The summed E-state index contributed by atoms with van der Waals surface area (Å²) >= 11 is -1.37. The van der Waals surface area contributed by atoms with Crippen LogP contribution in [0.3, 0.4) is 0 Å². The van der Waals surface area contributed by atoms with Crippen molar-refractivity contribution in [2.24, 2.45) is 0 Å². The molecule has 0 unspecified atom stereocenters. The first kappa shape index (κ1) is 16.1. The van der Waals surface area contributed by atoms with Gasteiger partial charge >= 0.3 is 0 Å². The van der Waals surface area contributed by atoms with Gasteiger partial charge in [0.15, 0.2) is 0 Å². The van der Waals surface area contributed by atoms with Crippen molar-refractivity contribution in [1.29, 1.82) is 0 Å². The number of nitrogens with one attached hydrogen (secondary N) is 1. The SMILES string of the molecule is C=CC[C@@H](N[S@@+]([O-])C(C)(C)C)c1cc(F)ccc1F. The molecule has 19 heavy (non-hydrogen) atoms. The van der Waals surface area contributed by atoms with Crippen LogP contribution in [0.1, 0.15) is 38.8 Å². The predicted octanol–water partition coefficient (Wildman–Crippen LogP) is 3.63. The van der Waals surface area contributed by atoms with Crippen LogP contribution in [0.25, 0.3) is 0 Å². The van der Waals surface area contributed by atoms with E-state index in [2.05, 4.69) is 11.3 Å². The summed E-state index contributed by atoms with van der Waals surface area (Å²) in [7, 11) is 0. The average Bonchev–Trinajstić information content (AvgIpc) is 2.30. The van der Waals surface area contributed by atoms with Crippen LogP contribution in [-0.4, -0.2) is 9.30 Å². The lowest BCUT2D eigenvalue weighted by Gasteiger charge is -2.27. The Balaban J connectivity index is 3.00. The molecule has 1 aromatic rings. The number of rotatable bonds is 5. The molecule has 0 aliphatic rings. The van der Waals surface area contributed by atoms with Crippen molar-refractivity contribution >= 4 is 11.4 Å². The summed E-state index contributed by atoms with van der Waals surface area (Å²) in [6, 6.07) is 2.69. The van der Waals surface area contributed by atoms with E-state index >= 15 is 0 Å². The van der Waals surface area contributed by atoms with Gasteiger partial charge in [0.05, 0.1) is 6.04 Å². The van der Waals surface area contributed by atoms with Crippen molar-refractivity contribution in [3.8, 4) is 0 Å².